The molecule has 2 rings (SSSR count). The number of pyridine rings is 1. The first-order valence-corrected chi connectivity index (χ1v) is 4.72. The fraction of sp³-hybridized carbons (Fsp3) is 0.0769. The molecule has 0 aliphatic heterocycles. The van der Waals surface area contributed by atoms with E-state index in [1.165, 1.54) is 5.56 Å². The summed E-state index contributed by atoms with van der Waals surface area (Å²) in [4.78, 5) is 4.09. The summed E-state index contributed by atoms with van der Waals surface area (Å²) in [5, 5.41) is 8.81. The molecule has 2 nitrogen and oxygen atoms in total. The van der Waals surface area contributed by atoms with Gasteiger partial charge < -0.3 is 0 Å². The summed E-state index contributed by atoms with van der Waals surface area (Å²) in [5.74, 6) is 0. The van der Waals surface area contributed by atoms with Gasteiger partial charge in [0, 0.05) is 18.0 Å². The van der Waals surface area contributed by atoms with Crippen molar-refractivity contribution in [2.75, 3.05) is 0 Å². The van der Waals surface area contributed by atoms with Crippen molar-refractivity contribution in [3.05, 3.63) is 53.9 Å². The molecule has 0 aliphatic carbocycles. The van der Waals surface area contributed by atoms with Gasteiger partial charge in [-0.2, -0.15) is 5.26 Å². The number of rotatable bonds is 1. The van der Waals surface area contributed by atoms with E-state index in [9.17, 15) is 0 Å². The minimum Gasteiger partial charge on any atom is -0.264 e. The summed E-state index contributed by atoms with van der Waals surface area (Å²) in [7, 11) is 0. The molecule has 0 fully saturated rings. The highest BCUT2D eigenvalue weighted by Crippen LogP contribution is 2.22. The zero-order valence-corrected chi connectivity index (χ0v) is 8.44. The Hall–Kier alpha value is -2.14. The average Bonchev–Trinajstić information content (AvgIpc) is 2.30. The quantitative estimate of drug-likeness (QED) is 0.699. The lowest BCUT2D eigenvalue weighted by Gasteiger charge is -2.04. The van der Waals surface area contributed by atoms with E-state index in [1.54, 1.807) is 12.3 Å². The van der Waals surface area contributed by atoms with E-state index >= 15 is 0 Å². The van der Waals surface area contributed by atoms with Crippen LogP contribution in [0.25, 0.3) is 11.1 Å². The molecule has 1 aromatic heterocycles. The Bertz CT molecular complexity index is 524. The van der Waals surface area contributed by atoms with Crippen molar-refractivity contribution in [2.45, 2.75) is 6.92 Å². The van der Waals surface area contributed by atoms with Crippen molar-refractivity contribution in [3.63, 3.8) is 0 Å². The molecule has 1 aromatic carbocycles. The highest BCUT2D eigenvalue weighted by molar-refractivity contribution is 5.67. The minimum atomic E-state index is 0.677. The topological polar surface area (TPSA) is 36.7 Å². The molecule has 0 unspecified atom stereocenters. The van der Waals surface area contributed by atoms with Gasteiger partial charge in [0.2, 0.25) is 0 Å². The first-order valence-electron chi connectivity index (χ1n) is 4.72. The molecule has 0 saturated heterocycles. The molecule has 1 heterocycles. The molecule has 15 heavy (non-hydrogen) atoms. The van der Waals surface area contributed by atoms with Crippen molar-refractivity contribution in [2.24, 2.45) is 0 Å². The molecule has 0 N–H and O–H groups in total. The van der Waals surface area contributed by atoms with Crippen LogP contribution >= 0.6 is 0 Å². The second kappa shape index (κ2) is 3.93. The predicted molar refractivity (Wildman–Crippen MR) is 59.1 cm³/mol. The van der Waals surface area contributed by atoms with Gasteiger partial charge in [0.1, 0.15) is 0 Å². The van der Waals surface area contributed by atoms with Crippen LogP contribution in [0.3, 0.4) is 0 Å². The summed E-state index contributed by atoms with van der Waals surface area (Å²) in [6.07, 6.45) is 3.60. The zero-order valence-electron chi connectivity index (χ0n) is 8.44. The summed E-state index contributed by atoms with van der Waals surface area (Å²) in [5.41, 5.74) is 3.96. The van der Waals surface area contributed by atoms with Crippen LogP contribution in [-0.4, -0.2) is 4.98 Å². The predicted octanol–water partition coefficient (Wildman–Crippen LogP) is 2.93. The van der Waals surface area contributed by atoms with E-state index in [1.807, 2.05) is 37.4 Å². The number of hydrogen-bond donors (Lipinski definition) is 0. The third-order valence-corrected chi connectivity index (χ3v) is 2.34. The molecule has 0 spiro atoms. The van der Waals surface area contributed by atoms with Crippen LogP contribution in [0.5, 0.6) is 0 Å². The van der Waals surface area contributed by atoms with Gasteiger partial charge in [-0.1, -0.05) is 12.1 Å². The maximum absolute atomic E-state index is 8.81. The van der Waals surface area contributed by atoms with Crippen LogP contribution in [0.15, 0.2) is 42.7 Å². The number of benzene rings is 1. The largest absolute Gasteiger partial charge is 0.264 e. The lowest BCUT2D eigenvalue weighted by molar-refractivity contribution is 1.29. The number of nitriles is 1. The second-order valence-corrected chi connectivity index (χ2v) is 3.38. The molecule has 0 radical (unpaired) electrons. The summed E-state index contributed by atoms with van der Waals surface area (Å²) < 4.78 is 0. The Kier molecular flexibility index (Phi) is 2.47. The van der Waals surface area contributed by atoms with Crippen molar-refractivity contribution in [1.29, 1.82) is 5.26 Å². The normalized spacial score (nSPS) is 9.60. The third-order valence-electron chi connectivity index (χ3n) is 2.34. The lowest BCUT2D eigenvalue weighted by atomic mass is 10.0. The number of hydrogen-bond acceptors (Lipinski definition) is 2. The van der Waals surface area contributed by atoms with Crippen LogP contribution in [0.2, 0.25) is 0 Å². The van der Waals surface area contributed by atoms with Gasteiger partial charge in [-0.05, 0) is 36.2 Å². The van der Waals surface area contributed by atoms with Gasteiger partial charge in [-0.25, -0.2) is 0 Å². The highest BCUT2D eigenvalue weighted by Gasteiger charge is 2.01. The van der Waals surface area contributed by atoms with Crippen molar-refractivity contribution in [3.8, 4) is 17.2 Å². The highest BCUT2D eigenvalue weighted by atomic mass is 14.6. The van der Waals surface area contributed by atoms with Gasteiger partial charge in [0.15, 0.2) is 0 Å². The number of aromatic nitrogens is 1. The third kappa shape index (κ3) is 1.87. The Labute approximate surface area is 88.8 Å². The summed E-state index contributed by atoms with van der Waals surface area (Å²) in [6.45, 7) is 2.04. The molecule has 2 aromatic rings. The minimum absolute atomic E-state index is 0.677. The summed E-state index contributed by atoms with van der Waals surface area (Å²) >= 11 is 0. The summed E-state index contributed by atoms with van der Waals surface area (Å²) in [6, 6.07) is 11.7. The van der Waals surface area contributed by atoms with Gasteiger partial charge in [0.05, 0.1) is 11.6 Å². The Morgan fingerprint density at radius 2 is 2.13 bits per heavy atom. The molecule has 0 amide bonds. The van der Waals surface area contributed by atoms with Gasteiger partial charge in [-0.3, -0.25) is 4.98 Å². The Balaban J connectivity index is 2.55. The maximum atomic E-state index is 8.81. The smallest absolute Gasteiger partial charge is 0.0991 e. The van der Waals surface area contributed by atoms with E-state index in [4.69, 9.17) is 5.26 Å². The van der Waals surface area contributed by atoms with Crippen LogP contribution in [0, 0.1) is 18.3 Å². The van der Waals surface area contributed by atoms with Crippen LogP contribution in [0.4, 0.5) is 0 Å². The van der Waals surface area contributed by atoms with Crippen LogP contribution in [0.1, 0.15) is 11.1 Å². The number of aryl methyl sites for hydroxylation is 1. The van der Waals surface area contributed by atoms with E-state index in [0.717, 1.165) is 11.1 Å². The monoisotopic (exact) mass is 194 g/mol. The van der Waals surface area contributed by atoms with E-state index in [-0.39, 0.29) is 0 Å². The fourth-order valence-corrected chi connectivity index (χ4v) is 1.52. The second-order valence-electron chi connectivity index (χ2n) is 3.38. The molecule has 0 aliphatic rings. The first-order chi connectivity index (χ1) is 7.31. The van der Waals surface area contributed by atoms with Crippen LogP contribution in [-0.2, 0) is 0 Å². The molecule has 72 valence electrons. The Morgan fingerprint density at radius 3 is 2.87 bits per heavy atom. The first kappa shape index (κ1) is 9.42. The molecule has 0 bridgehead atoms. The molecule has 0 atom stereocenters. The molecular formula is C13H10N2. The van der Waals surface area contributed by atoms with E-state index in [2.05, 4.69) is 11.1 Å². The van der Waals surface area contributed by atoms with E-state index < -0.39 is 0 Å². The molecule has 2 heteroatoms. The van der Waals surface area contributed by atoms with Gasteiger partial charge >= 0.3 is 0 Å². The SMILES string of the molecule is Cc1ccncc1-c1cccc(C#N)c1. The van der Waals surface area contributed by atoms with Gasteiger partial charge in [0.25, 0.3) is 0 Å². The number of nitrogens with zero attached hydrogens (tertiary/aromatic N) is 2. The average molecular weight is 194 g/mol. The van der Waals surface area contributed by atoms with Crippen molar-refractivity contribution in [1.82, 2.24) is 4.98 Å². The fourth-order valence-electron chi connectivity index (χ4n) is 1.52. The lowest BCUT2D eigenvalue weighted by Crippen LogP contribution is -1.85. The van der Waals surface area contributed by atoms with Crippen molar-refractivity contribution < 1.29 is 0 Å². The Morgan fingerprint density at radius 1 is 1.27 bits per heavy atom. The van der Waals surface area contributed by atoms with Crippen LogP contribution < -0.4 is 0 Å². The van der Waals surface area contributed by atoms with Crippen molar-refractivity contribution >= 4 is 0 Å². The molecule has 0 saturated carbocycles. The standard InChI is InChI=1S/C13H10N2/c1-10-5-6-15-9-13(10)12-4-2-3-11(7-12)8-14/h2-7,9H,1H3. The van der Waals surface area contributed by atoms with E-state index in [0.29, 0.717) is 5.56 Å². The van der Waals surface area contributed by atoms with Gasteiger partial charge in [-0.15, -0.1) is 0 Å². The maximum Gasteiger partial charge on any atom is 0.0991 e. The molecular weight excluding hydrogens is 184 g/mol. The zero-order chi connectivity index (χ0) is 10.7.